The van der Waals surface area contributed by atoms with Crippen LogP contribution in [0.5, 0.6) is 5.75 Å². The van der Waals surface area contributed by atoms with Gasteiger partial charge in [0.1, 0.15) is 5.75 Å². The second-order valence-corrected chi connectivity index (χ2v) is 4.42. The highest BCUT2D eigenvalue weighted by atomic mass is 16.5. The minimum Gasteiger partial charge on any atom is -0.481 e. The zero-order valence-electron chi connectivity index (χ0n) is 10.7. The van der Waals surface area contributed by atoms with Crippen molar-refractivity contribution in [2.75, 3.05) is 0 Å². The van der Waals surface area contributed by atoms with Gasteiger partial charge in [0, 0.05) is 6.92 Å². The number of ether oxygens (including phenoxy) is 1. The Hall–Kier alpha value is -2.36. The molecule has 2 aromatic carbocycles. The van der Waals surface area contributed by atoms with E-state index in [0.29, 0.717) is 5.75 Å². The van der Waals surface area contributed by atoms with Crippen LogP contribution in [0.3, 0.4) is 0 Å². The van der Waals surface area contributed by atoms with E-state index in [9.17, 15) is 9.59 Å². The van der Waals surface area contributed by atoms with E-state index in [1.165, 1.54) is 6.92 Å². The molecule has 0 bridgehead atoms. The maximum absolute atomic E-state index is 11.0. The Morgan fingerprint density at radius 3 is 2.37 bits per heavy atom. The van der Waals surface area contributed by atoms with Crippen LogP contribution in [0, 0.1) is 0 Å². The van der Waals surface area contributed by atoms with E-state index < -0.39 is 11.9 Å². The molecule has 19 heavy (non-hydrogen) atoms. The van der Waals surface area contributed by atoms with Crippen molar-refractivity contribution >= 4 is 22.7 Å². The molecule has 0 heterocycles. The summed E-state index contributed by atoms with van der Waals surface area (Å²) in [5, 5.41) is 10.8. The van der Waals surface area contributed by atoms with Gasteiger partial charge in [-0.2, -0.15) is 0 Å². The molecule has 0 radical (unpaired) electrons. The second kappa shape index (κ2) is 5.10. The first-order valence-corrected chi connectivity index (χ1v) is 5.92. The van der Waals surface area contributed by atoms with Crippen molar-refractivity contribution < 1.29 is 19.4 Å². The molecule has 0 aliphatic rings. The Bertz CT molecular complexity index is 646. The van der Waals surface area contributed by atoms with Gasteiger partial charge in [-0.15, -0.1) is 0 Å². The molecule has 4 nitrogen and oxygen atoms in total. The van der Waals surface area contributed by atoms with Crippen molar-refractivity contribution in [1.29, 1.82) is 0 Å². The Balaban J connectivity index is 2.40. The van der Waals surface area contributed by atoms with Crippen LogP contribution in [-0.2, 0) is 9.59 Å². The lowest BCUT2D eigenvalue weighted by atomic mass is 9.98. The van der Waals surface area contributed by atoms with Gasteiger partial charge in [0.15, 0.2) is 0 Å². The highest BCUT2D eigenvalue weighted by Gasteiger charge is 2.13. The molecule has 4 heteroatoms. The first-order chi connectivity index (χ1) is 8.97. The number of carboxylic acid groups (broad SMARTS) is 1. The molecule has 0 saturated carbocycles. The molecule has 98 valence electrons. The number of aliphatic carboxylic acids is 1. The second-order valence-electron chi connectivity index (χ2n) is 4.42. The zero-order valence-corrected chi connectivity index (χ0v) is 10.7. The van der Waals surface area contributed by atoms with Crippen molar-refractivity contribution in [3.8, 4) is 5.75 Å². The van der Waals surface area contributed by atoms with Gasteiger partial charge in [0.2, 0.25) is 0 Å². The van der Waals surface area contributed by atoms with E-state index in [-0.39, 0.29) is 5.97 Å². The van der Waals surface area contributed by atoms with Gasteiger partial charge < -0.3 is 9.84 Å². The Morgan fingerprint density at radius 1 is 1.11 bits per heavy atom. The van der Waals surface area contributed by atoms with Gasteiger partial charge in [0.05, 0.1) is 5.92 Å². The molecule has 0 amide bonds. The largest absolute Gasteiger partial charge is 0.481 e. The minimum absolute atomic E-state index is 0.365. The van der Waals surface area contributed by atoms with Crippen molar-refractivity contribution in [3.05, 3.63) is 42.0 Å². The van der Waals surface area contributed by atoms with Crippen LogP contribution < -0.4 is 4.74 Å². The van der Waals surface area contributed by atoms with Crippen LogP contribution in [0.2, 0.25) is 0 Å². The number of rotatable bonds is 3. The average Bonchev–Trinajstić information content (AvgIpc) is 2.36. The van der Waals surface area contributed by atoms with Crippen LogP contribution in [0.25, 0.3) is 10.8 Å². The van der Waals surface area contributed by atoms with Gasteiger partial charge in [-0.05, 0) is 35.4 Å². The van der Waals surface area contributed by atoms with E-state index in [1.54, 1.807) is 25.1 Å². The first kappa shape index (κ1) is 13.1. The van der Waals surface area contributed by atoms with Crippen LogP contribution in [0.15, 0.2) is 36.4 Å². The third-order valence-electron chi connectivity index (χ3n) is 2.97. The Labute approximate surface area is 110 Å². The van der Waals surface area contributed by atoms with Crippen LogP contribution >= 0.6 is 0 Å². The number of fused-ring (bicyclic) bond motifs is 1. The van der Waals surface area contributed by atoms with Gasteiger partial charge in [-0.1, -0.05) is 24.3 Å². The lowest BCUT2D eigenvalue weighted by Crippen LogP contribution is -2.07. The van der Waals surface area contributed by atoms with Gasteiger partial charge >= 0.3 is 11.9 Å². The van der Waals surface area contributed by atoms with E-state index in [1.807, 2.05) is 18.2 Å². The summed E-state index contributed by atoms with van der Waals surface area (Å²) in [6.45, 7) is 3.00. The topological polar surface area (TPSA) is 63.6 Å². The average molecular weight is 258 g/mol. The van der Waals surface area contributed by atoms with Gasteiger partial charge in [-0.25, -0.2) is 0 Å². The summed E-state index contributed by atoms with van der Waals surface area (Å²) in [6, 6.07) is 10.7. The molecule has 0 spiro atoms. The predicted octanol–water partition coefficient (Wildman–Crippen LogP) is 2.95. The highest BCUT2D eigenvalue weighted by molar-refractivity contribution is 5.87. The monoisotopic (exact) mass is 258 g/mol. The van der Waals surface area contributed by atoms with Gasteiger partial charge in [0.25, 0.3) is 0 Å². The van der Waals surface area contributed by atoms with Crippen LogP contribution in [0.1, 0.15) is 25.3 Å². The number of carboxylic acids is 1. The number of carbonyl (C=O) groups excluding carboxylic acids is 1. The summed E-state index contributed by atoms with van der Waals surface area (Å²) in [6.07, 6.45) is 0. The molecule has 1 atom stereocenters. The fourth-order valence-corrected chi connectivity index (χ4v) is 1.88. The molecule has 0 aromatic heterocycles. The number of hydrogen-bond donors (Lipinski definition) is 1. The van der Waals surface area contributed by atoms with E-state index in [0.717, 1.165) is 16.3 Å². The lowest BCUT2D eigenvalue weighted by Gasteiger charge is -2.09. The molecule has 2 aromatic rings. The lowest BCUT2D eigenvalue weighted by molar-refractivity contribution is -0.138. The molecular weight excluding hydrogens is 244 g/mol. The summed E-state index contributed by atoms with van der Waals surface area (Å²) in [7, 11) is 0. The summed E-state index contributed by atoms with van der Waals surface area (Å²) < 4.78 is 5.01. The van der Waals surface area contributed by atoms with Crippen molar-refractivity contribution in [2.45, 2.75) is 19.8 Å². The van der Waals surface area contributed by atoms with E-state index >= 15 is 0 Å². The fraction of sp³-hybridized carbons (Fsp3) is 0.200. The molecule has 2 rings (SSSR count). The number of esters is 1. The minimum atomic E-state index is -0.851. The van der Waals surface area contributed by atoms with Crippen molar-refractivity contribution in [2.24, 2.45) is 0 Å². The molecule has 1 N–H and O–H groups in total. The summed E-state index contributed by atoms with van der Waals surface area (Å²) in [5.74, 6) is -1.28. The summed E-state index contributed by atoms with van der Waals surface area (Å²) in [4.78, 5) is 21.8. The predicted molar refractivity (Wildman–Crippen MR) is 71.3 cm³/mol. The molecule has 0 aliphatic heterocycles. The van der Waals surface area contributed by atoms with Crippen LogP contribution in [-0.4, -0.2) is 17.0 Å². The number of carbonyl (C=O) groups is 2. The third kappa shape index (κ3) is 2.91. The first-order valence-electron chi connectivity index (χ1n) is 5.92. The molecule has 0 aliphatic carbocycles. The molecule has 0 saturated heterocycles. The molecule has 0 fully saturated rings. The quantitative estimate of drug-likeness (QED) is 0.679. The van der Waals surface area contributed by atoms with Gasteiger partial charge in [-0.3, -0.25) is 9.59 Å². The number of benzene rings is 2. The maximum Gasteiger partial charge on any atom is 0.310 e. The van der Waals surface area contributed by atoms with Crippen LogP contribution in [0.4, 0.5) is 0 Å². The van der Waals surface area contributed by atoms with Crippen molar-refractivity contribution in [3.63, 3.8) is 0 Å². The fourth-order valence-electron chi connectivity index (χ4n) is 1.88. The summed E-state index contributed by atoms with van der Waals surface area (Å²) >= 11 is 0. The zero-order chi connectivity index (χ0) is 14.0. The van der Waals surface area contributed by atoms with E-state index in [2.05, 4.69) is 0 Å². The summed E-state index contributed by atoms with van der Waals surface area (Å²) in [5.41, 5.74) is 0.750. The Kier molecular flexibility index (Phi) is 3.51. The SMILES string of the molecule is CC(=O)Oc1ccc2cc(C(C)C(=O)O)ccc2c1. The Morgan fingerprint density at radius 2 is 1.74 bits per heavy atom. The normalized spacial score (nSPS) is 12.1. The number of hydrogen-bond acceptors (Lipinski definition) is 3. The maximum atomic E-state index is 11.0. The third-order valence-corrected chi connectivity index (χ3v) is 2.97. The van der Waals surface area contributed by atoms with E-state index in [4.69, 9.17) is 9.84 Å². The standard InChI is InChI=1S/C15H14O4/c1-9(15(17)18)11-3-4-13-8-14(19-10(2)16)6-5-12(13)7-11/h3-9H,1-2H3,(H,17,18). The highest BCUT2D eigenvalue weighted by Crippen LogP contribution is 2.25. The molecular formula is C15H14O4. The smallest absolute Gasteiger partial charge is 0.310 e. The van der Waals surface area contributed by atoms with Crippen molar-refractivity contribution in [1.82, 2.24) is 0 Å². The molecule has 1 unspecified atom stereocenters.